The van der Waals surface area contributed by atoms with Crippen LogP contribution in [0.4, 0.5) is 5.69 Å². The lowest BCUT2D eigenvalue weighted by atomic mass is 10.1. The average Bonchev–Trinajstić information content (AvgIpc) is 2.40. The monoisotopic (exact) mass is 338 g/mol. The van der Waals surface area contributed by atoms with Crippen molar-refractivity contribution in [1.82, 2.24) is 4.98 Å². The quantitative estimate of drug-likeness (QED) is 0.847. The van der Waals surface area contributed by atoms with Gasteiger partial charge in [0.05, 0.1) is 0 Å². The van der Waals surface area contributed by atoms with E-state index >= 15 is 0 Å². The fourth-order valence-electron chi connectivity index (χ4n) is 1.71. The van der Waals surface area contributed by atoms with Gasteiger partial charge in [-0.2, -0.15) is 0 Å². The molecule has 1 aromatic heterocycles. The van der Waals surface area contributed by atoms with E-state index in [1.54, 1.807) is 12.1 Å². The number of nitrogens with one attached hydrogen (secondary N) is 1. The molecular formula is C14H12BrClN2O. The van der Waals surface area contributed by atoms with Crippen molar-refractivity contribution < 1.29 is 4.79 Å². The standard InChI is InChI=1S/C14H12BrClN2O/c1-2-9-7-11(15)3-4-12(9)18-14(19)10-5-6-17-13(16)8-10/h3-8H,2H2,1H3,(H,18,19). The lowest BCUT2D eigenvalue weighted by molar-refractivity contribution is 0.102. The molecule has 0 bridgehead atoms. The first-order chi connectivity index (χ1) is 9.10. The van der Waals surface area contributed by atoms with Gasteiger partial charge < -0.3 is 5.32 Å². The Hall–Kier alpha value is -1.39. The Morgan fingerprint density at radius 2 is 2.16 bits per heavy atom. The number of aromatic nitrogens is 1. The van der Waals surface area contributed by atoms with Crippen molar-refractivity contribution in [2.75, 3.05) is 5.32 Å². The molecule has 19 heavy (non-hydrogen) atoms. The number of hydrogen-bond acceptors (Lipinski definition) is 2. The number of carbonyl (C=O) groups excluding carboxylic acids is 1. The summed E-state index contributed by atoms with van der Waals surface area (Å²) in [5.41, 5.74) is 2.37. The highest BCUT2D eigenvalue weighted by atomic mass is 79.9. The predicted molar refractivity (Wildman–Crippen MR) is 80.7 cm³/mol. The molecular weight excluding hydrogens is 328 g/mol. The lowest BCUT2D eigenvalue weighted by Gasteiger charge is -2.10. The highest BCUT2D eigenvalue weighted by Gasteiger charge is 2.09. The molecule has 5 heteroatoms. The largest absolute Gasteiger partial charge is 0.322 e. The maximum atomic E-state index is 12.1. The van der Waals surface area contributed by atoms with E-state index in [2.05, 4.69) is 26.2 Å². The Morgan fingerprint density at radius 3 is 2.84 bits per heavy atom. The summed E-state index contributed by atoms with van der Waals surface area (Å²) in [7, 11) is 0. The number of rotatable bonds is 3. The molecule has 0 aliphatic heterocycles. The molecule has 1 N–H and O–H groups in total. The van der Waals surface area contributed by atoms with Crippen LogP contribution < -0.4 is 5.32 Å². The Morgan fingerprint density at radius 1 is 1.37 bits per heavy atom. The van der Waals surface area contributed by atoms with Gasteiger partial charge in [0.15, 0.2) is 0 Å². The first-order valence-electron chi connectivity index (χ1n) is 5.81. The van der Waals surface area contributed by atoms with E-state index in [0.717, 1.165) is 22.1 Å². The molecule has 2 aromatic rings. The van der Waals surface area contributed by atoms with Gasteiger partial charge in [0.25, 0.3) is 5.91 Å². The summed E-state index contributed by atoms with van der Waals surface area (Å²) in [4.78, 5) is 16.0. The minimum Gasteiger partial charge on any atom is -0.322 e. The van der Waals surface area contributed by atoms with Crippen LogP contribution in [0.3, 0.4) is 0 Å². The van der Waals surface area contributed by atoms with Crippen LogP contribution in [0.2, 0.25) is 5.15 Å². The van der Waals surface area contributed by atoms with Crippen molar-refractivity contribution in [1.29, 1.82) is 0 Å². The first-order valence-corrected chi connectivity index (χ1v) is 6.98. The number of aryl methyl sites for hydroxylation is 1. The van der Waals surface area contributed by atoms with Crippen molar-refractivity contribution in [3.63, 3.8) is 0 Å². The highest BCUT2D eigenvalue weighted by Crippen LogP contribution is 2.22. The van der Waals surface area contributed by atoms with Crippen molar-refractivity contribution in [2.45, 2.75) is 13.3 Å². The number of benzene rings is 1. The third kappa shape index (κ3) is 3.55. The molecule has 0 aliphatic carbocycles. The maximum absolute atomic E-state index is 12.1. The number of amides is 1. The number of pyridine rings is 1. The first kappa shape index (κ1) is 14.0. The summed E-state index contributed by atoms with van der Waals surface area (Å²) in [6.07, 6.45) is 2.35. The molecule has 0 atom stereocenters. The van der Waals surface area contributed by atoms with Gasteiger partial charge in [-0.05, 0) is 42.3 Å². The third-order valence-corrected chi connectivity index (χ3v) is 3.39. The van der Waals surface area contributed by atoms with E-state index < -0.39 is 0 Å². The molecule has 1 heterocycles. The van der Waals surface area contributed by atoms with Crippen LogP contribution in [0, 0.1) is 0 Å². The second kappa shape index (κ2) is 6.17. The summed E-state index contributed by atoms with van der Waals surface area (Å²) in [6, 6.07) is 8.94. The van der Waals surface area contributed by atoms with Gasteiger partial charge >= 0.3 is 0 Å². The number of nitrogens with zero attached hydrogens (tertiary/aromatic N) is 1. The highest BCUT2D eigenvalue weighted by molar-refractivity contribution is 9.10. The van der Waals surface area contributed by atoms with E-state index in [1.165, 1.54) is 6.20 Å². The fraction of sp³-hybridized carbons (Fsp3) is 0.143. The molecule has 0 saturated carbocycles. The molecule has 0 fully saturated rings. The van der Waals surface area contributed by atoms with E-state index in [0.29, 0.717) is 10.7 Å². The second-order valence-electron chi connectivity index (χ2n) is 3.98. The van der Waals surface area contributed by atoms with Crippen LogP contribution in [0.5, 0.6) is 0 Å². The normalized spacial score (nSPS) is 10.3. The van der Waals surface area contributed by atoms with E-state index in [-0.39, 0.29) is 5.91 Å². The SMILES string of the molecule is CCc1cc(Br)ccc1NC(=O)c1ccnc(Cl)c1. The lowest BCUT2D eigenvalue weighted by Crippen LogP contribution is -2.13. The summed E-state index contributed by atoms with van der Waals surface area (Å²) in [5.74, 6) is -0.193. The van der Waals surface area contributed by atoms with E-state index in [1.807, 2.05) is 25.1 Å². The Kier molecular flexibility index (Phi) is 4.56. The van der Waals surface area contributed by atoms with Crippen LogP contribution in [0.1, 0.15) is 22.8 Å². The van der Waals surface area contributed by atoms with Crippen molar-refractivity contribution >= 4 is 39.1 Å². The second-order valence-corrected chi connectivity index (χ2v) is 5.28. The van der Waals surface area contributed by atoms with Crippen LogP contribution in [-0.2, 0) is 6.42 Å². The summed E-state index contributed by atoms with van der Waals surface area (Å²) >= 11 is 9.19. The van der Waals surface area contributed by atoms with Crippen LogP contribution in [0.15, 0.2) is 41.0 Å². The molecule has 2 rings (SSSR count). The Balaban J connectivity index is 2.24. The summed E-state index contributed by atoms with van der Waals surface area (Å²) in [5, 5.41) is 3.19. The summed E-state index contributed by atoms with van der Waals surface area (Å²) in [6.45, 7) is 2.04. The smallest absolute Gasteiger partial charge is 0.255 e. The Labute approximate surface area is 125 Å². The molecule has 0 spiro atoms. The zero-order valence-corrected chi connectivity index (χ0v) is 12.6. The maximum Gasteiger partial charge on any atom is 0.255 e. The zero-order valence-electron chi connectivity index (χ0n) is 10.3. The van der Waals surface area contributed by atoms with Crippen LogP contribution in [-0.4, -0.2) is 10.9 Å². The van der Waals surface area contributed by atoms with Crippen molar-refractivity contribution in [3.8, 4) is 0 Å². The van der Waals surface area contributed by atoms with Gasteiger partial charge in [-0.15, -0.1) is 0 Å². The van der Waals surface area contributed by atoms with Crippen LogP contribution >= 0.6 is 27.5 Å². The molecule has 0 aliphatic rings. The molecule has 0 unspecified atom stereocenters. The van der Waals surface area contributed by atoms with Crippen LogP contribution in [0.25, 0.3) is 0 Å². The fourth-order valence-corrected chi connectivity index (χ4v) is 2.30. The minimum absolute atomic E-state index is 0.193. The number of halogens is 2. The number of anilines is 1. The molecule has 0 saturated heterocycles. The van der Waals surface area contributed by atoms with Gasteiger partial charge in [-0.3, -0.25) is 4.79 Å². The number of carbonyl (C=O) groups is 1. The van der Waals surface area contributed by atoms with Gasteiger partial charge in [0.1, 0.15) is 5.15 Å². The Bertz CT molecular complexity index is 616. The van der Waals surface area contributed by atoms with Crippen molar-refractivity contribution in [2.24, 2.45) is 0 Å². The van der Waals surface area contributed by atoms with Gasteiger partial charge in [0, 0.05) is 21.9 Å². The molecule has 0 radical (unpaired) electrons. The van der Waals surface area contributed by atoms with Gasteiger partial charge in [0.2, 0.25) is 0 Å². The number of hydrogen-bond donors (Lipinski definition) is 1. The predicted octanol–water partition coefficient (Wildman–Crippen LogP) is 4.31. The average molecular weight is 340 g/mol. The van der Waals surface area contributed by atoms with Gasteiger partial charge in [-0.25, -0.2) is 4.98 Å². The van der Waals surface area contributed by atoms with E-state index in [9.17, 15) is 4.79 Å². The third-order valence-electron chi connectivity index (χ3n) is 2.69. The summed E-state index contributed by atoms with van der Waals surface area (Å²) < 4.78 is 0.995. The minimum atomic E-state index is -0.193. The molecule has 1 aromatic carbocycles. The van der Waals surface area contributed by atoms with E-state index in [4.69, 9.17) is 11.6 Å². The van der Waals surface area contributed by atoms with Crippen molar-refractivity contribution in [3.05, 3.63) is 57.3 Å². The molecule has 98 valence electrons. The molecule has 3 nitrogen and oxygen atoms in total. The molecule has 1 amide bonds. The topological polar surface area (TPSA) is 42.0 Å². The zero-order chi connectivity index (χ0) is 13.8. The van der Waals surface area contributed by atoms with Gasteiger partial charge in [-0.1, -0.05) is 34.5 Å².